The van der Waals surface area contributed by atoms with Gasteiger partial charge in [-0.1, -0.05) is 18.2 Å². The fourth-order valence-electron chi connectivity index (χ4n) is 2.12. The first-order valence-corrected chi connectivity index (χ1v) is 6.41. The van der Waals surface area contributed by atoms with Crippen molar-refractivity contribution in [3.63, 3.8) is 0 Å². The molecule has 1 saturated heterocycles. The number of aldehydes is 1. The molecular weight excluding hydrogens is 273 g/mol. The van der Waals surface area contributed by atoms with Gasteiger partial charge in [-0.05, 0) is 18.9 Å². The summed E-state index contributed by atoms with van der Waals surface area (Å²) in [5.74, 6) is -2.13. The number of carbonyl (C=O) groups is 1. The molecule has 1 aliphatic rings. The van der Waals surface area contributed by atoms with Gasteiger partial charge >= 0.3 is 6.18 Å². The van der Waals surface area contributed by atoms with Crippen LogP contribution >= 0.6 is 0 Å². The minimum absolute atomic E-state index is 0.0498. The van der Waals surface area contributed by atoms with Crippen LogP contribution < -0.4 is 4.74 Å². The Morgan fingerprint density at radius 3 is 2.65 bits per heavy atom. The van der Waals surface area contributed by atoms with Crippen molar-refractivity contribution >= 4 is 6.29 Å². The fraction of sp³-hybridized carbons (Fsp3) is 0.500. The van der Waals surface area contributed by atoms with Gasteiger partial charge in [-0.3, -0.25) is 0 Å². The van der Waals surface area contributed by atoms with Crippen molar-refractivity contribution in [3.8, 4) is 5.75 Å². The van der Waals surface area contributed by atoms with E-state index in [2.05, 4.69) is 0 Å². The van der Waals surface area contributed by atoms with Crippen LogP contribution in [0.3, 0.4) is 0 Å². The molecule has 1 heterocycles. The fourth-order valence-corrected chi connectivity index (χ4v) is 2.12. The summed E-state index contributed by atoms with van der Waals surface area (Å²) < 4.78 is 49.4. The second kappa shape index (κ2) is 6.26. The Balaban J connectivity index is 2.22. The molecule has 6 heteroatoms. The summed E-state index contributed by atoms with van der Waals surface area (Å²) in [5, 5.41) is 0. The largest absolute Gasteiger partial charge is 0.465 e. The van der Waals surface area contributed by atoms with Crippen molar-refractivity contribution in [3.05, 3.63) is 29.8 Å². The van der Waals surface area contributed by atoms with Crippen molar-refractivity contribution in [1.82, 2.24) is 0 Å². The summed E-state index contributed by atoms with van der Waals surface area (Å²) in [6, 6.07) is 5.70. The lowest BCUT2D eigenvalue weighted by atomic mass is 9.99. The zero-order valence-electron chi connectivity index (χ0n) is 10.7. The molecule has 1 fully saturated rings. The quantitative estimate of drug-likeness (QED) is 0.796. The second-order valence-electron chi connectivity index (χ2n) is 4.61. The number of carbonyl (C=O) groups excluding carboxylic acids is 1. The molecule has 2 rings (SSSR count). The van der Waals surface area contributed by atoms with Crippen molar-refractivity contribution in [1.29, 1.82) is 0 Å². The number of alkyl halides is 3. The second-order valence-corrected chi connectivity index (χ2v) is 4.61. The van der Waals surface area contributed by atoms with E-state index in [0.29, 0.717) is 13.0 Å². The van der Waals surface area contributed by atoms with Crippen molar-refractivity contribution in [2.24, 2.45) is 0 Å². The van der Waals surface area contributed by atoms with Crippen LogP contribution in [0.1, 0.15) is 30.7 Å². The highest BCUT2D eigenvalue weighted by molar-refractivity contribution is 5.65. The number of para-hydroxylation sites is 1. The van der Waals surface area contributed by atoms with Gasteiger partial charge in [0.1, 0.15) is 18.0 Å². The Morgan fingerprint density at radius 2 is 2.05 bits per heavy atom. The minimum Gasteiger partial charge on any atom is -0.465 e. The number of benzene rings is 1. The molecule has 0 saturated carbocycles. The molecule has 2 atom stereocenters. The zero-order chi connectivity index (χ0) is 14.6. The van der Waals surface area contributed by atoms with Gasteiger partial charge in [-0.2, -0.15) is 13.2 Å². The molecule has 0 N–H and O–H groups in total. The predicted octanol–water partition coefficient (Wildman–Crippen LogP) is 3.44. The number of ether oxygens (including phenoxy) is 2. The lowest BCUT2D eigenvalue weighted by molar-refractivity contribution is -0.157. The maximum Gasteiger partial charge on any atom is 0.402 e. The van der Waals surface area contributed by atoms with Gasteiger partial charge in [-0.15, -0.1) is 0 Å². The SMILES string of the molecule is O=CC(c1ccccc1OC1CCCCO1)C(F)(F)F. The monoisotopic (exact) mass is 288 g/mol. The average molecular weight is 288 g/mol. The molecule has 0 aromatic heterocycles. The van der Waals surface area contributed by atoms with E-state index in [9.17, 15) is 18.0 Å². The van der Waals surface area contributed by atoms with E-state index >= 15 is 0 Å². The lowest BCUT2D eigenvalue weighted by Crippen LogP contribution is -2.27. The van der Waals surface area contributed by atoms with Crippen molar-refractivity contribution in [2.75, 3.05) is 6.61 Å². The maximum absolute atomic E-state index is 12.8. The highest BCUT2D eigenvalue weighted by Crippen LogP contribution is 2.38. The van der Waals surface area contributed by atoms with E-state index in [-0.39, 0.29) is 17.6 Å². The van der Waals surface area contributed by atoms with Crippen LogP contribution in [0, 0.1) is 0 Å². The summed E-state index contributed by atoms with van der Waals surface area (Å²) in [7, 11) is 0. The van der Waals surface area contributed by atoms with E-state index in [1.165, 1.54) is 18.2 Å². The number of halogens is 3. The van der Waals surface area contributed by atoms with E-state index in [4.69, 9.17) is 9.47 Å². The molecule has 0 bridgehead atoms. The number of hydrogen-bond donors (Lipinski definition) is 0. The first kappa shape index (κ1) is 14.8. The molecule has 0 radical (unpaired) electrons. The van der Waals surface area contributed by atoms with Gasteiger partial charge in [0.25, 0.3) is 0 Å². The highest BCUT2D eigenvalue weighted by atomic mass is 19.4. The molecular formula is C14H15F3O3. The molecule has 20 heavy (non-hydrogen) atoms. The molecule has 0 amide bonds. The average Bonchev–Trinajstić information content (AvgIpc) is 2.41. The summed E-state index contributed by atoms with van der Waals surface area (Å²) in [6.45, 7) is 0.531. The van der Waals surface area contributed by atoms with Gasteiger partial charge < -0.3 is 14.3 Å². The van der Waals surface area contributed by atoms with Gasteiger partial charge in [-0.25, -0.2) is 0 Å². The van der Waals surface area contributed by atoms with E-state index < -0.39 is 18.4 Å². The zero-order valence-corrected chi connectivity index (χ0v) is 10.7. The van der Waals surface area contributed by atoms with Crippen molar-refractivity contribution in [2.45, 2.75) is 37.6 Å². The Hall–Kier alpha value is -1.56. The molecule has 1 aromatic rings. The van der Waals surface area contributed by atoms with Gasteiger partial charge in [0.15, 0.2) is 6.29 Å². The smallest absolute Gasteiger partial charge is 0.402 e. The van der Waals surface area contributed by atoms with Crippen LogP contribution in [0.25, 0.3) is 0 Å². The number of rotatable bonds is 4. The van der Waals surface area contributed by atoms with E-state index in [1.807, 2.05) is 0 Å². The first-order valence-electron chi connectivity index (χ1n) is 6.41. The Labute approximate surface area is 114 Å². The molecule has 1 aliphatic heterocycles. The summed E-state index contributed by atoms with van der Waals surface area (Å²) in [5.41, 5.74) is -0.177. The van der Waals surface area contributed by atoms with Gasteiger partial charge in [0, 0.05) is 12.0 Å². The topological polar surface area (TPSA) is 35.5 Å². The van der Waals surface area contributed by atoms with Gasteiger partial charge in [0.05, 0.1) is 6.61 Å². The third kappa shape index (κ3) is 3.50. The molecule has 1 aromatic carbocycles. The third-order valence-electron chi connectivity index (χ3n) is 3.14. The van der Waals surface area contributed by atoms with Crippen molar-refractivity contribution < 1.29 is 27.4 Å². The molecule has 0 spiro atoms. The standard InChI is InChI=1S/C14H15F3O3/c15-14(16,17)11(9-18)10-5-1-2-6-12(10)20-13-7-3-4-8-19-13/h1-2,5-6,9,11,13H,3-4,7-8H2. The third-order valence-corrected chi connectivity index (χ3v) is 3.14. The summed E-state index contributed by atoms with van der Waals surface area (Å²) in [6.07, 6.45) is -2.83. The molecule has 110 valence electrons. The highest BCUT2D eigenvalue weighted by Gasteiger charge is 2.42. The van der Waals surface area contributed by atoms with Crippen LogP contribution in [-0.4, -0.2) is 25.4 Å². The maximum atomic E-state index is 12.8. The molecule has 0 aliphatic carbocycles. The normalized spacial score (nSPS) is 21.2. The number of hydrogen-bond acceptors (Lipinski definition) is 3. The van der Waals surface area contributed by atoms with Crippen LogP contribution in [0.15, 0.2) is 24.3 Å². The molecule has 2 unspecified atom stereocenters. The minimum atomic E-state index is -4.63. The van der Waals surface area contributed by atoms with Gasteiger partial charge in [0.2, 0.25) is 0 Å². The Kier molecular flexibility index (Phi) is 4.65. The Bertz CT molecular complexity index is 453. The predicted molar refractivity (Wildman–Crippen MR) is 65.5 cm³/mol. The first-order chi connectivity index (χ1) is 9.52. The van der Waals surface area contributed by atoms with Crippen LogP contribution in [0.5, 0.6) is 5.75 Å². The summed E-state index contributed by atoms with van der Waals surface area (Å²) in [4.78, 5) is 10.8. The van der Waals surface area contributed by atoms with E-state index in [0.717, 1.165) is 12.8 Å². The lowest BCUT2D eigenvalue weighted by Gasteiger charge is -2.26. The van der Waals surface area contributed by atoms with E-state index in [1.54, 1.807) is 6.07 Å². The van der Waals surface area contributed by atoms with Crippen LogP contribution in [-0.2, 0) is 9.53 Å². The molecule has 3 nitrogen and oxygen atoms in total. The summed E-state index contributed by atoms with van der Waals surface area (Å²) >= 11 is 0. The Morgan fingerprint density at radius 1 is 1.30 bits per heavy atom. The van der Waals surface area contributed by atoms with Crippen LogP contribution in [0.2, 0.25) is 0 Å². The van der Waals surface area contributed by atoms with Crippen LogP contribution in [0.4, 0.5) is 13.2 Å².